The first-order chi connectivity index (χ1) is 8.88. The Kier molecular flexibility index (Phi) is 3.19. The van der Waals surface area contributed by atoms with Crippen LogP contribution in [0.25, 0.3) is 11.4 Å². The average molecular weight is 272 g/mol. The van der Waals surface area contributed by atoms with E-state index in [4.69, 9.17) is 5.11 Å². The Morgan fingerprint density at radius 2 is 1.89 bits per heavy atom. The summed E-state index contributed by atoms with van der Waals surface area (Å²) in [5, 5.41) is 19.0. The van der Waals surface area contributed by atoms with Crippen molar-refractivity contribution in [2.45, 2.75) is 12.7 Å². The van der Waals surface area contributed by atoms with Crippen LogP contribution >= 0.6 is 0 Å². The van der Waals surface area contributed by atoms with Crippen molar-refractivity contribution in [2.75, 3.05) is 0 Å². The fourth-order valence-electron chi connectivity index (χ4n) is 1.45. The summed E-state index contributed by atoms with van der Waals surface area (Å²) in [5.74, 6) is -1.06. The van der Waals surface area contributed by atoms with Gasteiger partial charge >= 0.3 is 12.1 Å². The zero-order valence-electron chi connectivity index (χ0n) is 9.29. The minimum Gasteiger partial charge on any atom is -0.480 e. The van der Waals surface area contributed by atoms with Crippen LogP contribution < -0.4 is 0 Å². The van der Waals surface area contributed by atoms with Crippen LogP contribution in [0.1, 0.15) is 5.56 Å². The number of hydrogen-bond donors (Lipinski definition) is 1. The minimum absolute atomic E-state index is 0.0936. The Morgan fingerprint density at radius 1 is 1.26 bits per heavy atom. The van der Waals surface area contributed by atoms with E-state index in [1.165, 1.54) is 12.1 Å². The molecule has 0 atom stereocenters. The summed E-state index contributed by atoms with van der Waals surface area (Å²) in [4.78, 5) is 10.6. The van der Waals surface area contributed by atoms with Crippen molar-refractivity contribution in [2.24, 2.45) is 0 Å². The van der Waals surface area contributed by atoms with Crippen LogP contribution in [0, 0.1) is 0 Å². The Morgan fingerprint density at radius 3 is 2.42 bits per heavy atom. The molecule has 0 aliphatic carbocycles. The number of alkyl halides is 3. The van der Waals surface area contributed by atoms with E-state index >= 15 is 0 Å². The van der Waals surface area contributed by atoms with Crippen molar-refractivity contribution in [3.8, 4) is 11.4 Å². The first-order valence-electron chi connectivity index (χ1n) is 5.03. The van der Waals surface area contributed by atoms with Crippen LogP contribution in [0.2, 0.25) is 0 Å². The summed E-state index contributed by atoms with van der Waals surface area (Å²) < 4.78 is 38.2. The molecule has 0 fully saturated rings. The second-order valence-electron chi connectivity index (χ2n) is 3.63. The number of carboxylic acid groups (broad SMARTS) is 1. The standard InChI is InChI=1S/C10H7F3N4O2/c11-10(12,13)7-3-1-6(2-4-7)9-14-15-16-17(9)5-8(18)19/h1-4H,5H2,(H,18,19). The summed E-state index contributed by atoms with van der Waals surface area (Å²) in [6.45, 7) is -0.469. The third kappa shape index (κ3) is 2.87. The molecule has 9 heteroatoms. The summed E-state index contributed by atoms with van der Waals surface area (Å²) in [6.07, 6.45) is -4.43. The minimum atomic E-state index is -4.43. The number of carboxylic acids is 1. The molecular formula is C10H7F3N4O2. The second kappa shape index (κ2) is 4.67. The lowest BCUT2D eigenvalue weighted by atomic mass is 10.1. The molecule has 0 radical (unpaired) electrons. The molecule has 1 aromatic heterocycles. The highest BCUT2D eigenvalue weighted by Gasteiger charge is 2.30. The molecular weight excluding hydrogens is 265 g/mol. The Hall–Kier alpha value is -2.45. The maximum absolute atomic E-state index is 12.4. The summed E-state index contributed by atoms with van der Waals surface area (Å²) in [7, 11) is 0. The third-order valence-electron chi connectivity index (χ3n) is 2.29. The lowest BCUT2D eigenvalue weighted by molar-refractivity contribution is -0.138. The molecule has 0 saturated carbocycles. The summed E-state index contributed by atoms with van der Waals surface area (Å²) in [5.41, 5.74) is -0.493. The van der Waals surface area contributed by atoms with Gasteiger partial charge in [-0.2, -0.15) is 13.2 Å². The van der Waals surface area contributed by atoms with E-state index < -0.39 is 24.3 Å². The molecule has 1 N–H and O–H groups in total. The summed E-state index contributed by atoms with van der Waals surface area (Å²) in [6, 6.07) is 4.14. The fourth-order valence-corrected chi connectivity index (χ4v) is 1.45. The topological polar surface area (TPSA) is 80.9 Å². The Bertz CT molecular complexity index is 592. The third-order valence-corrected chi connectivity index (χ3v) is 2.29. The Labute approximate surface area is 104 Å². The zero-order chi connectivity index (χ0) is 14.0. The number of hydrogen-bond acceptors (Lipinski definition) is 4. The van der Waals surface area contributed by atoms with Gasteiger partial charge in [-0.1, -0.05) is 12.1 Å². The molecule has 1 aromatic carbocycles. The molecule has 0 saturated heterocycles. The van der Waals surface area contributed by atoms with Crippen LogP contribution in [0.5, 0.6) is 0 Å². The SMILES string of the molecule is O=C(O)Cn1nnnc1-c1ccc(C(F)(F)F)cc1. The van der Waals surface area contributed by atoms with Gasteiger partial charge in [0.25, 0.3) is 0 Å². The van der Waals surface area contributed by atoms with Gasteiger partial charge in [0.2, 0.25) is 0 Å². The quantitative estimate of drug-likeness (QED) is 0.914. The first kappa shape index (κ1) is 13.0. The molecule has 0 aliphatic rings. The highest BCUT2D eigenvalue weighted by Crippen LogP contribution is 2.30. The number of rotatable bonds is 3. The molecule has 6 nitrogen and oxygen atoms in total. The smallest absolute Gasteiger partial charge is 0.416 e. The predicted octanol–water partition coefficient (Wildman–Crippen LogP) is 1.44. The molecule has 1 heterocycles. The van der Waals surface area contributed by atoms with Crippen molar-refractivity contribution in [1.82, 2.24) is 20.2 Å². The van der Waals surface area contributed by atoms with E-state index in [0.29, 0.717) is 5.56 Å². The van der Waals surface area contributed by atoms with Crippen molar-refractivity contribution in [3.05, 3.63) is 29.8 Å². The van der Waals surface area contributed by atoms with E-state index in [-0.39, 0.29) is 5.82 Å². The maximum Gasteiger partial charge on any atom is 0.416 e. The number of carbonyl (C=O) groups is 1. The van der Waals surface area contributed by atoms with Gasteiger partial charge in [-0.3, -0.25) is 4.79 Å². The number of aliphatic carboxylic acids is 1. The van der Waals surface area contributed by atoms with Crippen LogP contribution in [-0.2, 0) is 17.5 Å². The molecule has 19 heavy (non-hydrogen) atoms. The largest absolute Gasteiger partial charge is 0.480 e. The molecule has 0 aliphatic heterocycles. The van der Waals surface area contributed by atoms with Crippen LogP contribution in [0.15, 0.2) is 24.3 Å². The van der Waals surface area contributed by atoms with Gasteiger partial charge in [0.1, 0.15) is 6.54 Å². The lowest BCUT2D eigenvalue weighted by Crippen LogP contribution is -2.11. The molecule has 0 amide bonds. The maximum atomic E-state index is 12.4. The molecule has 0 spiro atoms. The van der Waals surface area contributed by atoms with Gasteiger partial charge in [0.05, 0.1) is 5.56 Å². The number of aromatic nitrogens is 4. The van der Waals surface area contributed by atoms with E-state index in [1.807, 2.05) is 0 Å². The normalized spacial score (nSPS) is 11.5. The van der Waals surface area contributed by atoms with Gasteiger partial charge in [0, 0.05) is 5.56 Å². The summed E-state index contributed by atoms with van der Waals surface area (Å²) >= 11 is 0. The second-order valence-corrected chi connectivity index (χ2v) is 3.63. The predicted molar refractivity (Wildman–Crippen MR) is 55.9 cm³/mol. The molecule has 100 valence electrons. The highest BCUT2D eigenvalue weighted by molar-refractivity contribution is 5.67. The number of benzene rings is 1. The van der Waals surface area contributed by atoms with Crippen molar-refractivity contribution in [3.63, 3.8) is 0 Å². The lowest BCUT2D eigenvalue weighted by Gasteiger charge is -2.07. The van der Waals surface area contributed by atoms with Gasteiger partial charge in [-0.25, -0.2) is 4.68 Å². The van der Waals surface area contributed by atoms with Gasteiger partial charge in [0.15, 0.2) is 5.82 Å². The van der Waals surface area contributed by atoms with E-state index in [0.717, 1.165) is 16.8 Å². The molecule has 2 rings (SSSR count). The van der Waals surface area contributed by atoms with E-state index in [9.17, 15) is 18.0 Å². The number of tetrazole rings is 1. The van der Waals surface area contributed by atoms with Crippen molar-refractivity contribution < 1.29 is 23.1 Å². The van der Waals surface area contributed by atoms with Crippen LogP contribution in [-0.4, -0.2) is 31.3 Å². The van der Waals surface area contributed by atoms with Crippen LogP contribution in [0.3, 0.4) is 0 Å². The number of nitrogens with zero attached hydrogens (tertiary/aromatic N) is 4. The van der Waals surface area contributed by atoms with E-state index in [1.54, 1.807) is 0 Å². The molecule has 2 aromatic rings. The monoisotopic (exact) mass is 272 g/mol. The fraction of sp³-hybridized carbons (Fsp3) is 0.200. The van der Waals surface area contributed by atoms with Crippen LogP contribution in [0.4, 0.5) is 13.2 Å². The van der Waals surface area contributed by atoms with Gasteiger partial charge in [-0.05, 0) is 22.6 Å². The first-order valence-corrected chi connectivity index (χ1v) is 5.03. The van der Waals surface area contributed by atoms with Gasteiger partial charge in [-0.15, -0.1) is 5.10 Å². The van der Waals surface area contributed by atoms with Gasteiger partial charge < -0.3 is 5.11 Å². The van der Waals surface area contributed by atoms with Crippen molar-refractivity contribution in [1.29, 1.82) is 0 Å². The molecule has 0 unspecified atom stereocenters. The van der Waals surface area contributed by atoms with Crippen molar-refractivity contribution >= 4 is 5.97 Å². The number of halogens is 3. The average Bonchev–Trinajstić information content (AvgIpc) is 2.75. The van der Waals surface area contributed by atoms with E-state index in [2.05, 4.69) is 15.5 Å². The molecule has 0 bridgehead atoms. The zero-order valence-corrected chi connectivity index (χ0v) is 9.29. The highest BCUT2D eigenvalue weighted by atomic mass is 19.4. The Balaban J connectivity index is 2.33.